The van der Waals surface area contributed by atoms with Crippen molar-refractivity contribution in [2.75, 3.05) is 50.7 Å². The van der Waals surface area contributed by atoms with Gasteiger partial charge in [-0.05, 0) is 48.9 Å². The van der Waals surface area contributed by atoms with E-state index < -0.39 is 0 Å². The van der Waals surface area contributed by atoms with E-state index in [0.29, 0.717) is 17.2 Å². The number of aryl methyl sites for hydroxylation is 1. The maximum atomic E-state index is 12.5. The Hall–Kier alpha value is -3.58. The van der Waals surface area contributed by atoms with Crippen molar-refractivity contribution in [2.45, 2.75) is 6.92 Å². The van der Waals surface area contributed by atoms with Crippen molar-refractivity contribution in [1.29, 1.82) is 0 Å². The minimum Gasteiger partial charge on any atom is -0.493 e. The van der Waals surface area contributed by atoms with Crippen LogP contribution in [0.15, 0.2) is 48.5 Å². The Morgan fingerprint density at radius 2 is 1.94 bits per heavy atom. The van der Waals surface area contributed by atoms with Crippen molar-refractivity contribution in [2.24, 2.45) is 0 Å². The molecule has 2 aromatic carbocycles. The molecule has 1 fully saturated rings. The zero-order chi connectivity index (χ0) is 22.5. The Morgan fingerprint density at radius 1 is 1.12 bits per heavy atom. The molecule has 1 saturated heterocycles. The van der Waals surface area contributed by atoms with Crippen LogP contribution in [0, 0.1) is 6.92 Å². The summed E-state index contributed by atoms with van der Waals surface area (Å²) in [6.07, 6.45) is 3.19. The first-order valence-electron chi connectivity index (χ1n) is 10.5. The number of benzene rings is 2. The molecule has 7 nitrogen and oxygen atoms in total. The molecule has 0 aliphatic carbocycles. The molecule has 0 atom stereocenters. The summed E-state index contributed by atoms with van der Waals surface area (Å²) in [6, 6.07) is 13.4. The first kappa shape index (κ1) is 21.6. The fourth-order valence-corrected chi connectivity index (χ4v) is 3.80. The molecule has 2 heterocycles. The highest BCUT2D eigenvalue weighted by Gasteiger charge is 2.14. The number of hydrogen-bond donors (Lipinski definition) is 1. The highest BCUT2D eigenvalue weighted by Crippen LogP contribution is 2.31. The predicted octanol–water partition coefficient (Wildman–Crippen LogP) is 4.05. The summed E-state index contributed by atoms with van der Waals surface area (Å²) in [5.41, 5.74) is 3.50. The van der Waals surface area contributed by atoms with Crippen LogP contribution in [0.5, 0.6) is 11.5 Å². The zero-order valence-corrected chi connectivity index (χ0v) is 18.6. The number of carbonyl (C=O) groups excluding carboxylic acids is 1. The second-order valence-electron chi connectivity index (χ2n) is 7.53. The monoisotopic (exact) mass is 433 g/mol. The molecular formula is C25H27N3O4. The fourth-order valence-electron chi connectivity index (χ4n) is 3.80. The summed E-state index contributed by atoms with van der Waals surface area (Å²) in [5.74, 6) is 1.93. The molecule has 0 spiro atoms. The SMILES string of the molecule is COc1cccc(C=CC(=O)Nc2ccc3nc(N4CCOCC4)cc(C)c3c2)c1OC. The van der Waals surface area contributed by atoms with Crippen LogP contribution in [0.4, 0.5) is 11.5 Å². The standard InChI is InChI=1S/C25H27N3O4/c1-17-15-23(28-11-13-32-14-12-28)27-21-9-8-19(16-20(17)21)26-24(29)10-7-18-5-4-6-22(30-2)25(18)31-3/h4-10,15-16H,11-14H2,1-3H3,(H,26,29). The van der Waals surface area contributed by atoms with Crippen molar-refractivity contribution in [3.63, 3.8) is 0 Å². The third-order valence-corrected chi connectivity index (χ3v) is 5.45. The number of ether oxygens (including phenoxy) is 3. The summed E-state index contributed by atoms with van der Waals surface area (Å²) in [5, 5.41) is 3.94. The fraction of sp³-hybridized carbons (Fsp3) is 0.280. The lowest BCUT2D eigenvalue weighted by Crippen LogP contribution is -2.36. The topological polar surface area (TPSA) is 72.9 Å². The quantitative estimate of drug-likeness (QED) is 0.592. The number of amides is 1. The second kappa shape index (κ2) is 9.70. The number of carbonyl (C=O) groups is 1. The van der Waals surface area contributed by atoms with Crippen molar-refractivity contribution >= 4 is 34.4 Å². The molecule has 1 N–H and O–H groups in total. The van der Waals surface area contributed by atoms with Crippen LogP contribution in [0.3, 0.4) is 0 Å². The van der Waals surface area contributed by atoms with Gasteiger partial charge in [0, 0.05) is 35.8 Å². The molecule has 0 unspecified atom stereocenters. The van der Waals surface area contributed by atoms with E-state index in [1.54, 1.807) is 20.3 Å². The van der Waals surface area contributed by atoms with Crippen LogP contribution in [0.25, 0.3) is 17.0 Å². The molecule has 1 aliphatic heterocycles. The van der Waals surface area contributed by atoms with Gasteiger partial charge in [0.2, 0.25) is 5.91 Å². The van der Waals surface area contributed by atoms with Gasteiger partial charge in [0.15, 0.2) is 11.5 Å². The zero-order valence-electron chi connectivity index (χ0n) is 18.6. The number of rotatable bonds is 6. The number of morpholine rings is 1. The van der Waals surface area contributed by atoms with Gasteiger partial charge in [-0.1, -0.05) is 12.1 Å². The number of hydrogen-bond acceptors (Lipinski definition) is 6. The first-order valence-corrected chi connectivity index (χ1v) is 10.5. The largest absolute Gasteiger partial charge is 0.493 e. The van der Waals surface area contributed by atoms with Crippen molar-refractivity contribution in [3.05, 3.63) is 59.7 Å². The normalized spacial score (nSPS) is 14.0. The second-order valence-corrected chi connectivity index (χ2v) is 7.53. The van der Waals surface area contributed by atoms with Gasteiger partial charge in [-0.2, -0.15) is 0 Å². The van der Waals surface area contributed by atoms with Gasteiger partial charge in [0.1, 0.15) is 5.82 Å². The highest BCUT2D eigenvalue weighted by molar-refractivity contribution is 6.03. The van der Waals surface area contributed by atoms with Gasteiger partial charge >= 0.3 is 0 Å². The summed E-state index contributed by atoms with van der Waals surface area (Å²) in [6.45, 7) is 5.19. The Kier molecular flexibility index (Phi) is 6.56. The smallest absolute Gasteiger partial charge is 0.248 e. The number of fused-ring (bicyclic) bond motifs is 1. The molecule has 1 amide bonds. The van der Waals surface area contributed by atoms with Gasteiger partial charge in [-0.15, -0.1) is 0 Å². The number of pyridine rings is 1. The minimum atomic E-state index is -0.232. The van der Waals surface area contributed by atoms with E-state index in [1.807, 2.05) is 36.4 Å². The molecule has 1 aliphatic rings. The van der Waals surface area contributed by atoms with Crippen molar-refractivity contribution in [1.82, 2.24) is 4.98 Å². The molecule has 7 heteroatoms. The van der Waals surface area contributed by atoms with Gasteiger partial charge in [0.25, 0.3) is 0 Å². The van der Waals surface area contributed by atoms with Crippen molar-refractivity contribution < 1.29 is 19.0 Å². The first-order chi connectivity index (χ1) is 15.6. The summed E-state index contributed by atoms with van der Waals surface area (Å²) < 4.78 is 16.1. The van der Waals surface area contributed by atoms with E-state index in [9.17, 15) is 4.79 Å². The van der Waals surface area contributed by atoms with Crippen LogP contribution in [0.1, 0.15) is 11.1 Å². The third-order valence-electron chi connectivity index (χ3n) is 5.45. The number of nitrogens with one attached hydrogen (secondary N) is 1. The van der Waals surface area contributed by atoms with E-state index in [0.717, 1.165) is 54.2 Å². The van der Waals surface area contributed by atoms with E-state index in [-0.39, 0.29) is 5.91 Å². The molecular weight excluding hydrogens is 406 g/mol. The lowest BCUT2D eigenvalue weighted by atomic mass is 10.1. The molecule has 0 radical (unpaired) electrons. The molecule has 0 bridgehead atoms. The Bertz CT molecular complexity index is 1150. The molecule has 166 valence electrons. The van der Waals surface area contributed by atoms with E-state index >= 15 is 0 Å². The van der Waals surface area contributed by atoms with Crippen LogP contribution in [-0.4, -0.2) is 51.4 Å². The summed E-state index contributed by atoms with van der Waals surface area (Å²) in [7, 11) is 3.16. The molecule has 3 aromatic rings. The average molecular weight is 434 g/mol. The average Bonchev–Trinajstić information content (AvgIpc) is 2.83. The lowest BCUT2D eigenvalue weighted by molar-refractivity contribution is -0.111. The van der Waals surface area contributed by atoms with Gasteiger partial charge in [0.05, 0.1) is 33.0 Å². The molecule has 32 heavy (non-hydrogen) atoms. The van der Waals surface area contributed by atoms with E-state index in [2.05, 4.69) is 23.2 Å². The van der Waals surface area contributed by atoms with Crippen molar-refractivity contribution in [3.8, 4) is 11.5 Å². The molecule has 0 saturated carbocycles. The maximum Gasteiger partial charge on any atom is 0.248 e. The van der Waals surface area contributed by atoms with Crippen LogP contribution in [0.2, 0.25) is 0 Å². The van der Waals surface area contributed by atoms with Gasteiger partial charge in [-0.3, -0.25) is 4.79 Å². The highest BCUT2D eigenvalue weighted by atomic mass is 16.5. The lowest BCUT2D eigenvalue weighted by Gasteiger charge is -2.28. The third kappa shape index (κ3) is 4.68. The molecule has 1 aromatic heterocycles. The van der Waals surface area contributed by atoms with Crippen LogP contribution < -0.4 is 19.7 Å². The minimum absolute atomic E-state index is 0.232. The van der Waals surface area contributed by atoms with E-state index in [1.165, 1.54) is 6.08 Å². The Balaban J connectivity index is 1.51. The summed E-state index contributed by atoms with van der Waals surface area (Å²) in [4.78, 5) is 19.6. The number of methoxy groups -OCH3 is 2. The number of aromatic nitrogens is 1. The predicted molar refractivity (Wildman–Crippen MR) is 127 cm³/mol. The van der Waals surface area contributed by atoms with Crippen LogP contribution >= 0.6 is 0 Å². The van der Waals surface area contributed by atoms with Gasteiger partial charge in [-0.25, -0.2) is 4.98 Å². The Labute approximate surface area is 187 Å². The number of para-hydroxylation sites is 1. The van der Waals surface area contributed by atoms with E-state index in [4.69, 9.17) is 19.2 Å². The van der Waals surface area contributed by atoms with Crippen LogP contribution in [-0.2, 0) is 9.53 Å². The van der Waals surface area contributed by atoms with Gasteiger partial charge < -0.3 is 24.4 Å². The summed E-state index contributed by atoms with van der Waals surface area (Å²) >= 11 is 0. The Morgan fingerprint density at radius 3 is 2.69 bits per heavy atom. The number of anilines is 2. The molecule has 4 rings (SSSR count). The maximum absolute atomic E-state index is 12.5. The number of nitrogens with zero attached hydrogens (tertiary/aromatic N) is 2.